The van der Waals surface area contributed by atoms with Crippen LogP contribution in [0.25, 0.3) is 5.83 Å². The van der Waals surface area contributed by atoms with Crippen LogP contribution in [-0.2, 0) is 4.79 Å². The summed E-state index contributed by atoms with van der Waals surface area (Å²) in [6.07, 6.45) is -0.0268. The number of hydrogen-bond acceptors (Lipinski definition) is 2. The van der Waals surface area contributed by atoms with Gasteiger partial charge in [-0.05, 0) is 6.92 Å². The number of hydrogen-bond donors (Lipinski definition) is 1. The number of aldehydes is 1. The lowest BCUT2D eigenvalue weighted by Gasteiger charge is -2.14. The molecule has 1 aromatic carbocycles. The number of rotatable bonds is 2. The van der Waals surface area contributed by atoms with E-state index in [1.54, 1.807) is 6.92 Å². The van der Waals surface area contributed by atoms with Crippen LogP contribution in [0.3, 0.4) is 0 Å². The lowest BCUT2D eigenvalue weighted by Crippen LogP contribution is -2.36. The van der Waals surface area contributed by atoms with Crippen molar-refractivity contribution in [2.45, 2.75) is 6.92 Å². The van der Waals surface area contributed by atoms with Gasteiger partial charge in [-0.1, -0.05) is 22.6 Å². The van der Waals surface area contributed by atoms with Gasteiger partial charge in [0.25, 0.3) is 0 Å². The molecule has 6 radical (unpaired) electrons. The molecule has 0 aliphatic heterocycles. The van der Waals surface area contributed by atoms with E-state index >= 15 is 0 Å². The predicted octanol–water partition coefficient (Wildman–Crippen LogP) is -1.23. The van der Waals surface area contributed by atoms with Gasteiger partial charge in [0.1, 0.15) is 23.5 Å². The predicted molar refractivity (Wildman–Crippen MR) is 64.1 cm³/mol. The Morgan fingerprint density at radius 3 is 2.44 bits per heavy atom. The van der Waals surface area contributed by atoms with Gasteiger partial charge < -0.3 is 5.11 Å². The summed E-state index contributed by atoms with van der Waals surface area (Å²) in [5, 5.41) is 8.95. The van der Waals surface area contributed by atoms with Crippen LogP contribution in [0.15, 0.2) is 11.8 Å². The van der Waals surface area contributed by atoms with Crippen LogP contribution in [0.5, 0.6) is 0 Å². The number of aliphatic hydroxyl groups excluding tert-OH is 1. The summed E-state index contributed by atoms with van der Waals surface area (Å²) < 4.78 is 13.5. The highest BCUT2D eigenvalue weighted by Gasteiger charge is 2.13. The molecule has 1 N–H and O–H groups in total. The maximum Gasteiger partial charge on any atom is 0.192 e. The molecular formula is C10H6B3FO2. The third-order valence-corrected chi connectivity index (χ3v) is 2.29. The molecule has 0 aliphatic rings. The number of halogens is 1. The van der Waals surface area contributed by atoms with Crippen LogP contribution < -0.4 is 16.4 Å². The molecule has 0 saturated heterocycles. The van der Waals surface area contributed by atoms with Gasteiger partial charge in [0.05, 0.1) is 0 Å². The van der Waals surface area contributed by atoms with Crippen LogP contribution >= 0.6 is 0 Å². The summed E-state index contributed by atoms with van der Waals surface area (Å²) in [4.78, 5) is 10.2. The fraction of sp³-hybridized carbons (Fsp3) is 0.100. The molecule has 0 fully saturated rings. The van der Waals surface area contributed by atoms with E-state index in [1.807, 2.05) is 0 Å². The van der Waals surface area contributed by atoms with Crippen LogP contribution in [0.1, 0.15) is 11.1 Å². The number of carbonyl (C=O) groups excluding carboxylic acids is 1. The Labute approximate surface area is 96.8 Å². The molecule has 0 aromatic heterocycles. The second-order valence-electron chi connectivity index (χ2n) is 3.28. The van der Waals surface area contributed by atoms with Crippen molar-refractivity contribution in [3.8, 4) is 0 Å². The van der Waals surface area contributed by atoms with Gasteiger partial charge >= 0.3 is 0 Å². The Hall–Kier alpha value is -1.45. The highest BCUT2D eigenvalue weighted by Crippen LogP contribution is 2.14. The summed E-state index contributed by atoms with van der Waals surface area (Å²) >= 11 is 0. The second-order valence-corrected chi connectivity index (χ2v) is 3.28. The highest BCUT2D eigenvalue weighted by molar-refractivity contribution is 6.52. The Balaban J connectivity index is 3.54. The molecule has 2 nitrogen and oxygen atoms in total. The maximum atomic E-state index is 13.5. The van der Waals surface area contributed by atoms with Gasteiger partial charge in [0, 0.05) is 5.56 Å². The number of allylic oxidation sites excluding steroid dienone is 1. The van der Waals surface area contributed by atoms with Gasteiger partial charge in [-0.3, -0.25) is 4.79 Å². The third-order valence-electron chi connectivity index (χ3n) is 2.29. The minimum Gasteiger partial charge on any atom is -0.503 e. The first-order valence-corrected chi connectivity index (χ1v) is 4.38. The molecular weight excluding hydrogens is 204 g/mol. The topological polar surface area (TPSA) is 37.3 Å². The molecule has 0 atom stereocenters. The molecule has 74 valence electrons. The summed E-state index contributed by atoms with van der Waals surface area (Å²) in [6.45, 7) is 1.63. The third kappa shape index (κ3) is 2.06. The first-order valence-electron chi connectivity index (χ1n) is 4.38. The summed E-state index contributed by atoms with van der Waals surface area (Å²) in [7, 11) is 16.7. The molecule has 1 rings (SSSR count). The normalized spacial score (nSPS) is 12.1. The van der Waals surface area contributed by atoms with E-state index in [-0.39, 0.29) is 28.2 Å². The highest BCUT2D eigenvalue weighted by atomic mass is 19.1. The molecule has 0 bridgehead atoms. The Morgan fingerprint density at radius 1 is 1.38 bits per heavy atom. The maximum absolute atomic E-state index is 13.5. The fourth-order valence-corrected chi connectivity index (χ4v) is 1.22. The van der Waals surface area contributed by atoms with Crippen molar-refractivity contribution in [2.24, 2.45) is 0 Å². The molecule has 0 spiro atoms. The van der Waals surface area contributed by atoms with Crippen molar-refractivity contribution in [1.82, 2.24) is 0 Å². The van der Waals surface area contributed by atoms with Gasteiger partial charge in [0.15, 0.2) is 17.9 Å². The fourth-order valence-electron chi connectivity index (χ4n) is 1.22. The molecule has 6 heteroatoms. The Bertz CT molecular complexity index is 483. The summed E-state index contributed by atoms with van der Waals surface area (Å²) in [5.41, 5.74) is 0.641. The lowest BCUT2D eigenvalue weighted by atomic mass is 9.70. The van der Waals surface area contributed by atoms with Crippen molar-refractivity contribution < 1.29 is 14.3 Å². The van der Waals surface area contributed by atoms with Crippen LogP contribution in [0, 0.1) is 6.92 Å². The smallest absolute Gasteiger partial charge is 0.192 e. The van der Waals surface area contributed by atoms with E-state index in [1.165, 1.54) is 6.07 Å². The number of aliphatic hydroxyl groups is 1. The SMILES string of the molecule is [B]c1cc(/C(F)=C(\O)C=O)c([B])c([B])c1C. The van der Waals surface area contributed by atoms with Crippen molar-refractivity contribution in [3.63, 3.8) is 0 Å². The second kappa shape index (κ2) is 4.60. The summed E-state index contributed by atoms with van der Waals surface area (Å²) in [6, 6.07) is 1.22. The van der Waals surface area contributed by atoms with Gasteiger partial charge in [-0.15, -0.1) is 5.46 Å². The first kappa shape index (κ1) is 12.6. The van der Waals surface area contributed by atoms with Gasteiger partial charge in [0.2, 0.25) is 0 Å². The monoisotopic (exact) mass is 210 g/mol. The van der Waals surface area contributed by atoms with Crippen molar-refractivity contribution in [1.29, 1.82) is 0 Å². The van der Waals surface area contributed by atoms with E-state index < -0.39 is 11.6 Å². The van der Waals surface area contributed by atoms with Crippen molar-refractivity contribution in [2.75, 3.05) is 0 Å². The largest absolute Gasteiger partial charge is 0.503 e. The zero-order chi connectivity index (χ0) is 12.5. The quantitative estimate of drug-likeness (QED) is 0.287. The molecule has 0 saturated carbocycles. The van der Waals surface area contributed by atoms with Crippen LogP contribution in [0.4, 0.5) is 4.39 Å². The van der Waals surface area contributed by atoms with Crippen molar-refractivity contribution in [3.05, 3.63) is 23.0 Å². The Kier molecular flexibility index (Phi) is 3.63. The average Bonchev–Trinajstić information content (AvgIpc) is 2.29. The van der Waals surface area contributed by atoms with Gasteiger partial charge in [-0.25, -0.2) is 4.39 Å². The molecule has 0 amide bonds. The molecule has 16 heavy (non-hydrogen) atoms. The number of carbonyl (C=O) groups is 1. The minimum atomic E-state index is -1.15. The molecule has 0 heterocycles. The Morgan fingerprint density at radius 2 is 1.94 bits per heavy atom. The molecule has 0 aliphatic carbocycles. The van der Waals surface area contributed by atoms with Crippen LogP contribution in [0.2, 0.25) is 0 Å². The standard InChI is InChI=1S/C10H6B3FO2/c1-4-6(11)2-5(9(13)8(4)12)10(14)7(16)3-15/h2-3,16H,1H3/b10-7+. The van der Waals surface area contributed by atoms with E-state index in [2.05, 4.69) is 0 Å². The van der Waals surface area contributed by atoms with E-state index in [4.69, 9.17) is 28.6 Å². The van der Waals surface area contributed by atoms with Crippen molar-refractivity contribution >= 4 is 52.0 Å². The molecule has 0 unspecified atom stereocenters. The zero-order valence-corrected chi connectivity index (χ0v) is 8.62. The van der Waals surface area contributed by atoms with E-state index in [0.717, 1.165) is 0 Å². The number of benzene rings is 1. The lowest BCUT2D eigenvalue weighted by molar-refractivity contribution is -0.106. The van der Waals surface area contributed by atoms with E-state index in [0.29, 0.717) is 5.56 Å². The van der Waals surface area contributed by atoms with E-state index in [9.17, 15) is 9.18 Å². The average molecular weight is 210 g/mol. The molecule has 1 aromatic rings. The first-order chi connectivity index (χ1) is 7.40. The van der Waals surface area contributed by atoms with Crippen LogP contribution in [-0.4, -0.2) is 34.9 Å². The minimum absolute atomic E-state index is 0.0268. The van der Waals surface area contributed by atoms with Gasteiger partial charge in [-0.2, -0.15) is 0 Å². The zero-order valence-electron chi connectivity index (χ0n) is 8.62. The summed E-state index contributed by atoms with van der Waals surface area (Å²) in [5.74, 6) is -2.19.